The van der Waals surface area contributed by atoms with Crippen molar-refractivity contribution in [1.29, 1.82) is 0 Å². The molecule has 2 aromatic rings. The maximum absolute atomic E-state index is 12.9. The zero-order valence-corrected chi connectivity index (χ0v) is 19.7. The number of rotatable bonds is 4. The van der Waals surface area contributed by atoms with Crippen LogP contribution >= 0.6 is 11.6 Å². The topological polar surface area (TPSA) is 83.8 Å². The molecule has 4 heterocycles. The molecule has 3 aliphatic heterocycles. The van der Waals surface area contributed by atoms with Crippen LogP contribution in [-0.2, 0) is 22.6 Å². The maximum atomic E-state index is 12.9. The smallest absolute Gasteiger partial charge is 0.410 e. The molecule has 1 atom stereocenters. The molecule has 1 spiro atoms. The highest BCUT2D eigenvalue weighted by atomic mass is 35.5. The first kappa shape index (κ1) is 21.6. The molecular formula is C23H26ClFN6O3. The van der Waals surface area contributed by atoms with E-state index in [-0.39, 0.29) is 24.4 Å². The largest absolute Gasteiger partial charge is 0.444 e. The summed E-state index contributed by atoms with van der Waals surface area (Å²) in [5.41, 5.74) is 1.81. The fourth-order valence-corrected chi connectivity index (χ4v) is 5.41. The molecular weight excluding hydrogens is 463 g/mol. The average molecular weight is 489 g/mol. The summed E-state index contributed by atoms with van der Waals surface area (Å²) >= 11 is 6.27. The minimum Gasteiger partial charge on any atom is -0.444 e. The monoisotopic (exact) mass is 488 g/mol. The van der Waals surface area contributed by atoms with Crippen molar-refractivity contribution in [3.63, 3.8) is 0 Å². The van der Waals surface area contributed by atoms with Gasteiger partial charge in [-0.1, -0.05) is 11.6 Å². The van der Waals surface area contributed by atoms with E-state index in [0.29, 0.717) is 22.7 Å². The number of ether oxygens (including phenoxy) is 1. The first-order chi connectivity index (χ1) is 16.4. The van der Waals surface area contributed by atoms with E-state index in [4.69, 9.17) is 16.3 Å². The van der Waals surface area contributed by atoms with Crippen molar-refractivity contribution in [2.24, 2.45) is 11.3 Å². The summed E-state index contributed by atoms with van der Waals surface area (Å²) in [6, 6.07) is 5.53. The lowest BCUT2D eigenvalue weighted by Crippen LogP contribution is -2.73. The SMILES string of the molecule is C[C@H](CF)OC(=O)N1Cc2cc(Cl)ccc2-n2c(nnc2N2CC3(CN(C(=O)C4CC4)C3)C2)C1. The summed E-state index contributed by atoms with van der Waals surface area (Å²) in [7, 11) is 0. The van der Waals surface area contributed by atoms with Crippen molar-refractivity contribution in [3.8, 4) is 5.69 Å². The Labute approximate surface area is 201 Å². The van der Waals surface area contributed by atoms with Gasteiger partial charge in [-0.3, -0.25) is 14.3 Å². The van der Waals surface area contributed by atoms with Crippen LogP contribution < -0.4 is 4.90 Å². The number of anilines is 1. The van der Waals surface area contributed by atoms with Gasteiger partial charge >= 0.3 is 6.09 Å². The number of alkyl halides is 1. The van der Waals surface area contributed by atoms with Crippen LogP contribution in [-0.4, -0.2) is 75.5 Å². The molecule has 0 unspecified atom stereocenters. The van der Waals surface area contributed by atoms with Crippen molar-refractivity contribution in [3.05, 3.63) is 34.6 Å². The molecule has 0 N–H and O–H groups in total. The number of halogens is 2. The van der Waals surface area contributed by atoms with Crippen LogP contribution in [0.15, 0.2) is 18.2 Å². The number of benzene rings is 1. The predicted octanol–water partition coefficient (Wildman–Crippen LogP) is 2.79. The van der Waals surface area contributed by atoms with Gasteiger partial charge in [-0.15, -0.1) is 10.2 Å². The number of nitrogens with zero attached hydrogens (tertiary/aromatic N) is 6. The minimum atomic E-state index is -0.825. The molecule has 2 saturated heterocycles. The Morgan fingerprint density at radius 3 is 2.65 bits per heavy atom. The van der Waals surface area contributed by atoms with Crippen LogP contribution in [0.3, 0.4) is 0 Å². The number of carbonyl (C=O) groups excluding carboxylic acids is 2. The molecule has 11 heteroatoms. The van der Waals surface area contributed by atoms with Gasteiger partial charge in [0.1, 0.15) is 12.8 Å². The highest BCUT2D eigenvalue weighted by molar-refractivity contribution is 6.30. The van der Waals surface area contributed by atoms with E-state index in [1.165, 1.54) is 11.8 Å². The molecule has 6 rings (SSSR count). The van der Waals surface area contributed by atoms with Crippen LogP contribution in [0.4, 0.5) is 15.1 Å². The summed E-state index contributed by atoms with van der Waals surface area (Å²) in [6.45, 7) is 4.43. The van der Waals surface area contributed by atoms with Gasteiger partial charge in [-0.05, 0) is 43.5 Å². The molecule has 3 fully saturated rings. The van der Waals surface area contributed by atoms with Crippen LogP contribution in [0.1, 0.15) is 31.2 Å². The fourth-order valence-electron chi connectivity index (χ4n) is 5.21. The third-order valence-electron chi connectivity index (χ3n) is 7.09. The predicted molar refractivity (Wildman–Crippen MR) is 121 cm³/mol. The Kier molecular flexibility index (Phi) is 4.98. The Morgan fingerprint density at radius 2 is 1.94 bits per heavy atom. The Bertz CT molecular complexity index is 1150. The molecule has 2 amide bonds. The second-order valence-corrected chi connectivity index (χ2v) is 10.5. The van der Waals surface area contributed by atoms with Crippen LogP contribution in [0.2, 0.25) is 5.02 Å². The second kappa shape index (κ2) is 7.83. The molecule has 0 bridgehead atoms. The van der Waals surface area contributed by atoms with E-state index in [0.717, 1.165) is 50.3 Å². The van der Waals surface area contributed by atoms with Crippen molar-refractivity contribution in [2.45, 2.75) is 39.0 Å². The quantitative estimate of drug-likeness (QED) is 0.658. The zero-order chi connectivity index (χ0) is 23.6. The highest BCUT2D eigenvalue weighted by Gasteiger charge is 2.55. The number of fused-ring (bicyclic) bond motifs is 3. The van der Waals surface area contributed by atoms with Gasteiger partial charge < -0.3 is 14.5 Å². The number of aromatic nitrogens is 3. The van der Waals surface area contributed by atoms with Crippen LogP contribution in [0.25, 0.3) is 5.69 Å². The van der Waals surface area contributed by atoms with Crippen LogP contribution in [0.5, 0.6) is 0 Å². The lowest BCUT2D eigenvalue weighted by Gasteiger charge is -2.60. The summed E-state index contributed by atoms with van der Waals surface area (Å²) < 4.78 is 20.1. The summed E-state index contributed by atoms with van der Waals surface area (Å²) in [5.74, 6) is 1.87. The molecule has 1 aliphatic carbocycles. The number of carbonyl (C=O) groups is 2. The van der Waals surface area contributed by atoms with Crippen LogP contribution in [0, 0.1) is 11.3 Å². The molecule has 1 aromatic carbocycles. The summed E-state index contributed by atoms with van der Waals surface area (Å²) in [6.07, 6.45) is 0.628. The third kappa shape index (κ3) is 3.59. The van der Waals surface area contributed by atoms with Crippen molar-refractivity contribution in [2.75, 3.05) is 37.8 Å². The molecule has 0 radical (unpaired) electrons. The van der Waals surface area contributed by atoms with Gasteiger partial charge in [0.25, 0.3) is 0 Å². The molecule has 34 heavy (non-hydrogen) atoms. The Balaban J connectivity index is 1.24. The van der Waals surface area contributed by atoms with E-state index in [2.05, 4.69) is 15.1 Å². The number of hydrogen-bond acceptors (Lipinski definition) is 6. The highest BCUT2D eigenvalue weighted by Crippen LogP contribution is 2.44. The summed E-state index contributed by atoms with van der Waals surface area (Å²) in [5, 5.41) is 9.40. The number of hydrogen-bond donors (Lipinski definition) is 0. The van der Waals surface area contributed by atoms with Gasteiger partial charge in [0.2, 0.25) is 11.9 Å². The lowest BCUT2D eigenvalue weighted by atomic mass is 9.73. The molecule has 9 nitrogen and oxygen atoms in total. The van der Waals surface area contributed by atoms with Gasteiger partial charge in [-0.25, -0.2) is 9.18 Å². The average Bonchev–Trinajstić information content (AvgIpc) is 3.55. The van der Waals surface area contributed by atoms with Gasteiger partial charge in [0, 0.05) is 42.5 Å². The third-order valence-corrected chi connectivity index (χ3v) is 7.33. The van der Waals surface area contributed by atoms with Crippen molar-refractivity contribution in [1.82, 2.24) is 24.6 Å². The van der Waals surface area contributed by atoms with Gasteiger partial charge in [-0.2, -0.15) is 0 Å². The first-order valence-corrected chi connectivity index (χ1v) is 12.0. The minimum absolute atomic E-state index is 0.128. The molecule has 4 aliphatic rings. The van der Waals surface area contributed by atoms with E-state index in [1.54, 1.807) is 6.07 Å². The Hall–Kier alpha value is -2.88. The van der Waals surface area contributed by atoms with E-state index >= 15 is 0 Å². The number of likely N-dealkylation sites (tertiary alicyclic amines) is 1. The first-order valence-electron chi connectivity index (χ1n) is 11.6. The lowest BCUT2D eigenvalue weighted by molar-refractivity contribution is -0.146. The van der Waals surface area contributed by atoms with E-state index < -0.39 is 18.9 Å². The van der Waals surface area contributed by atoms with Crippen molar-refractivity contribution >= 4 is 29.5 Å². The normalized spacial score (nSPS) is 21.2. The zero-order valence-electron chi connectivity index (χ0n) is 18.9. The van der Waals surface area contributed by atoms with Gasteiger partial charge in [0.05, 0.1) is 18.8 Å². The number of amides is 2. The van der Waals surface area contributed by atoms with Crippen molar-refractivity contribution < 1.29 is 18.7 Å². The molecule has 180 valence electrons. The Morgan fingerprint density at radius 1 is 1.18 bits per heavy atom. The molecule has 1 aromatic heterocycles. The van der Waals surface area contributed by atoms with E-state index in [1.807, 2.05) is 21.6 Å². The summed E-state index contributed by atoms with van der Waals surface area (Å²) in [4.78, 5) is 30.7. The molecule has 1 saturated carbocycles. The van der Waals surface area contributed by atoms with E-state index in [9.17, 15) is 14.0 Å². The van der Waals surface area contributed by atoms with Gasteiger partial charge in [0.15, 0.2) is 5.82 Å². The maximum Gasteiger partial charge on any atom is 0.410 e. The second-order valence-electron chi connectivity index (χ2n) is 10.1. The fraction of sp³-hybridized carbons (Fsp3) is 0.565. The standard InChI is InChI=1S/C23H26ClFN6O3/c1-14(7-25)34-22(33)28-8-16-6-17(24)4-5-18(16)31-19(9-28)26-27-21(31)30-12-23(13-30)10-29(11-23)20(32)15-2-3-15/h4-6,14-15H,2-3,7-13H2,1H3/t14-/m1/s1.